The van der Waals surface area contributed by atoms with Gasteiger partial charge in [-0.15, -0.1) is 12.4 Å². The molecule has 3 rings (SSSR count). The summed E-state index contributed by atoms with van der Waals surface area (Å²) in [4.78, 5) is 27.6. The third-order valence-corrected chi connectivity index (χ3v) is 5.35. The van der Waals surface area contributed by atoms with Crippen LogP contribution >= 0.6 is 12.4 Å². The van der Waals surface area contributed by atoms with Crippen LogP contribution in [-0.2, 0) is 0 Å². The zero-order valence-corrected chi connectivity index (χ0v) is 17.2. The number of anilines is 2. The van der Waals surface area contributed by atoms with Crippen molar-refractivity contribution in [2.45, 2.75) is 45.1 Å². The summed E-state index contributed by atoms with van der Waals surface area (Å²) in [5.41, 5.74) is 8.74. The van der Waals surface area contributed by atoms with Gasteiger partial charge in [0, 0.05) is 24.3 Å². The predicted octanol–water partition coefficient (Wildman–Crippen LogP) is 4.66. The molecule has 2 amide bonds. The molecule has 2 aromatic rings. The third kappa shape index (κ3) is 4.84. The van der Waals surface area contributed by atoms with Gasteiger partial charge in [-0.2, -0.15) is 0 Å². The number of halogens is 1. The molecule has 28 heavy (non-hydrogen) atoms. The number of carbonyl (C=O) groups excluding carboxylic acids is 2. The lowest BCUT2D eigenvalue weighted by atomic mass is 9.94. The number of hydrogen-bond acceptors (Lipinski definition) is 3. The number of nitrogen functional groups attached to an aromatic ring is 1. The van der Waals surface area contributed by atoms with Crippen LogP contribution in [0.4, 0.5) is 11.4 Å². The Balaban J connectivity index is 0.00000280. The summed E-state index contributed by atoms with van der Waals surface area (Å²) in [6, 6.07) is 12.7. The van der Waals surface area contributed by atoms with Crippen molar-refractivity contribution < 1.29 is 9.59 Å². The van der Waals surface area contributed by atoms with Gasteiger partial charge in [0.2, 0.25) is 0 Å². The second kappa shape index (κ2) is 9.60. The molecule has 1 fully saturated rings. The number of amides is 2. The molecule has 0 aromatic heterocycles. The van der Waals surface area contributed by atoms with E-state index >= 15 is 0 Å². The summed E-state index contributed by atoms with van der Waals surface area (Å²) in [7, 11) is 1.86. The van der Waals surface area contributed by atoms with Crippen molar-refractivity contribution in [2.24, 2.45) is 0 Å². The molecular formula is C22H28ClN3O2. The molecule has 1 aliphatic carbocycles. The lowest BCUT2D eigenvalue weighted by Crippen LogP contribution is -2.38. The van der Waals surface area contributed by atoms with Crippen molar-refractivity contribution >= 4 is 35.6 Å². The highest BCUT2D eigenvalue weighted by Crippen LogP contribution is 2.25. The highest BCUT2D eigenvalue weighted by molar-refractivity contribution is 6.09. The molecule has 1 aliphatic rings. The summed E-state index contributed by atoms with van der Waals surface area (Å²) in [6.07, 6.45) is 5.65. The average Bonchev–Trinajstić information content (AvgIpc) is 2.69. The van der Waals surface area contributed by atoms with Gasteiger partial charge in [-0.05, 0) is 49.6 Å². The predicted molar refractivity (Wildman–Crippen MR) is 116 cm³/mol. The first-order valence-corrected chi connectivity index (χ1v) is 9.51. The van der Waals surface area contributed by atoms with Gasteiger partial charge in [0.1, 0.15) is 0 Å². The van der Waals surface area contributed by atoms with Crippen LogP contribution in [0.3, 0.4) is 0 Å². The monoisotopic (exact) mass is 401 g/mol. The van der Waals surface area contributed by atoms with Crippen LogP contribution in [0.2, 0.25) is 0 Å². The van der Waals surface area contributed by atoms with E-state index in [9.17, 15) is 9.59 Å². The van der Waals surface area contributed by atoms with E-state index in [1.807, 2.05) is 37.1 Å². The maximum absolute atomic E-state index is 13.1. The summed E-state index contributed by atoms with van der Waals surface area (Å²) >= 11 is 0. The van der Waals surface area contributed by atoms with Crippen LogP contribution in [-0.4, -0.2) is 29.8 Å². The standard InChI is InChI=1S/C22H27N3O2.ClH/c1-15-12-13-16(23)14-19(15)21(26)24-20-11-7-6-10-18(20)22(27)25(2)17-8-4-3-5-9-17;/h6-7,10-14,17H,3-5,8-9,23H2,1-2H3,(H,24,26);1H. The van der Waals surface area contributed by atoms with E-state index in [0.717, 1.165) is 31.2 Å². The minimum atomic E-state index is -0.264. The number of nitrogens with two attached hydrogens (primary N) is 1. The van der Waals surface area contributed by atoms with Crippen LogP contribution in [0, 0.1) is 6.92 Å². The Bertz CT molecular complexity index is 847. The Morgan fingerprint density at radius 3 is 2.43 bits per heavy atom. The van der Waals surface area contributed by atoms with Gasteiger partial charge in [-0.3, -0.25) is 9.59 Å². The Labute approximate surface area is 172 Å². The van der Waals surface area contributed by atoms with E-state index in [0.29, 0.717) is 22.5 Å². The second-order valence-corrected chi connectivity index (χ2v) is 7.28. The molecule has 0 spiro atoms. The fourth-order valence-electron chi connectivity index (χ4n) is 3.68. The number of rotatable bonds is 4. The van der Waals surface area contributed by atoms with E-state index in [-0.39, 0.29) is 30.3 Å². The van der Waals surface area contributed by atoms with Gasteiger partial charge in [0.05, 0.1) is 11.3 Å². The smallest absolute Gasteiger partial charge is 0.256 e. The highest BCUT2D eigenvalue weighted by Gasteiger charge is 2.25. The second-order valence-electron chi connectivity index (χ2n) is 7.28. The molecule has 150 valence electrons. The van der Waals surface area contributed by atoms with E-state index < -0.39 is 0 Å². The van der Waals surface area contributed by atoms with Crippen molar-refractivity contribution in [1.82, 2.24) is 4.90 Å². The Morgan fingerprint density at radius 2 is 1.71 bits per heavy atom. The summed E-state index contributed by atoms with van der Waals surface area (Å²) < 4.78 is 0. The van der Waals surface area contributed by atoms with Crippen molar-refractivity contribution in [3.63, 3.8) is 0 Å². The molecule has 0 radical (unpaired) electrons. The topological polar surface area (TPSA) is 75.4 Å². The van der Waals surface area contributed by atoms with Crippen LogP contribution in [0.25, 0.3) is 0 Å². The van der Waals surface area contributed by atoms with Gasteiger partial charge in [-0.25, -0.2) is 0 Å². The maximum Gasteiger partial charge on any atom is 0.256 e. The van der Waals surface area contributed by atoms with Crippen LogP contribution in [0.15, 0.2) is 42.5 Å². The molecule has 3 N–H and O–H groups in total. The van der Waals surface area contributed by atoms with Crippen LogP contribution < -0.4 is 11.1 Å². The Hall–Kier alpha value is -2.53. The largest absolute Gasteiger partial charge is 0.399 e. The first kappa shape index (κ1) is 21.8. The number of para-hydroxylation sites is 1. The van der Waals surface area contributed by atoms with Gasteiger partial charge < -0.3 is 16.0 Å². The molecule has 0 aliphatic heterocycles. The van der Waals surface area contributed by atoms with Gasteiger partial charge in [-0.1, -0.05) is 37.5 Å². The summed E-state index contributed by atoms with van der Waals surface area (Å²) in [6.45, 7) is 1.86. The molecule has 6 heteroatoms. The molecule has 5 nitrogen and oxygen atoms in total. The minimum Gasteiger partial charge on any atom is -0.399 e. The number of hydrogen-bond donors (Lipinski definition) is 2. The first-order valence-electron chi connectivity index (χ1n) is 9.51. The number of benzene rings is 2. The van der Waals surface area contributed by atoms with Gasteiger partial charge >= 0.3 is 0 Å². The third-order valence-electron chi connectivity index (χ3n) is 5.35. The molecule has 0 saturated heterocycles. The quantitative estimate of drug-likeness (QED) is 0.732. The van der Waals surface area contributed by atoms with Crippen molar-refractivity contribution in [3.05, 3.63) is 59.2 Å². The zero-order valence-electron chi connectivity index (χ0n) is 16.4. The Kier molecular flexibility index (Phi) is 7.46. The van der Waals surface area contributed by atoms with Gasteiger partial charge in [0.25, 0.3) is 11.8 Å². The summed E-state index contributed by atoms with van der Waals surface area (Å²) in [5.74, 6) is -0.317. The molecule has 0 heterocycles. The summed E-state index contributed by atoms with van der Waals surface area (Å²) in [5, 5.41) is 2.89. The molecule has 0 atom stereocenters. The van der Waals surface area contributed by atoms with E-state index in [2.05, 4.69) is 5.32 Å². The number of carbonyl (C=O) groups is 2. The van der Waals surface area contributed by atoms with E-state index in [1.54, 1.807) is 24.3 Å². The van der Waals surface area contributed by atoms with Crippen molar-refractivity contribution in [1.29, 1.82) is 0 Å². The number of nitrogens with zero attached hydrogens (tertiary/aromatic N) is 1. The average molecular weight is 402 g/mol. The number of nitrogens with one attached hydrogen (secondary N) is 1. The fraction of sp³-hybridized carbons (Fsp3) is 0.364. The Morgan fingerprint density at radius 1 is 1.04 bits per heavy atom. The molecule has 0 bridgehead atoms. The first-order chi connectivity index (χ1) is 13.0. The SMILES string of the molecule is Cc1ccc(N)cc1C(=O)Nc1ccccc1C(=O)N(C)C1CCCCC1.Cl. The highest BCUT2D eigenvalue weighted by atomic mass is 35.5. The lowest BCUT2D eigenvalue weighted by Gasteiger charge is -2.31. The molecule has 2 aromatic carbocycles. The number of aryl methyl sites for hydroxylation is 1. The molecule has 0 unspecified atom stereocenters. The minimum absolute atomic E-state index is 0. The van der Waals surface area contributed by atoms with Crippen molar-refractivity contribution in [2.75, 3.05) is 18.1 Å². The van der Waals surface area contributed by atoms with Crippen LogP contribution in [0.1, 0.15) is 58.4 Å². The van der Waals surface area contributed by atoms with Crippen molar-refractivity contribution in [3.8, 4) is 0 Å². The van der Waals surface area contributed by atoms with E-state index in [4.69, 9.17) is 5.73 Å². The molecule has 1 saturated carbocycles. The molecular weight excluding hydrogens is 374 g/mol. The maximum atomic E-state index is 13.1. The normalized spacial score (nSPS) is 14.1. The lowest BCUT2D eigenvalue weighted by molar-refractivity contribution is 0.0697. The van der Waals surface area contributed by atoms with Crippen LogP contribution in [0.5, 0.6) is 0 Å². The zero-order chi connectivity index (χ0) is 19.4. The van der Waals surface area contributed by atoms with Gasteiger partial charge in [0.15, 0.2) is 0 Å². The fourth-order valence-corrected chi connectivity index (χ4v) is 3.68. The van der Waals surface area contributed by atoms with E-state index in [1.165, 1.54) is 6.42 Å².